The molecule has 0 unspecified atom stereocenters. The molecule has 0 bridgehead atoms. The Balaban J connectivity index is 1.65. The molecule has 146 valence electrons. The first-order valence-electron chi connectivity index (χ1n) is 8.40. The van der Waals surface area contributed by atoms with Crippen LogP contribution in [0.1, 0.15) is 22.2 Å². The highest BCUT2D eigenvalue weighted by atomic mass is 32.1. The quantitative estimate of drug-likeness (QED) is 0.416. The number of methoxy groups -OCH3 is 2. The number of carbonyl (C=O) groups excluding carboxylic acids is 1. The molecule has 4 rings (SSSR count). The summed E-state index contributed by atoms with van der Waals surface area (Å²) >= 11 is 4.34. The monoisotopic (exact) mass is 435 g/mol. The number of anilines is 2. The number of nitrogens with one attached hydrogen (secondary N) is 1. The minimum Gasteiger partial charge on any atom is -0.497 e. The second-order valence-corrected chi connectivity index (χ2v) is 8.78. The number of fused-ring (bicyclic) bond motifs is 2. The number of carbonyl (C=O) groups is 1. The first kappa shape index (κ1) is 18.9. The van der Waals surface area contributed by atoms with Gasteiger partial charge in [-0.2, -0.15) is 0 Å². The van der Waals surface area contributed by atoms with Crippen LogP contribution in [0.2, 0.25) is 0 Å². The second kappa shape index (κ2) is 7.53. The highest BCUT2D eigenvalue weighted by molar-refractivity contribution is 7.30. The lowest BCUT2D eigenvalue weighted by Crippen LogP contribution is -2.03. The van der Waals surface area contributed by atoms with E-state index in [1.165, 1.54) is 34.0 Å². The summed E-state index contributed by atoms with van der Waals surface area (Å²) in [5.41, 5.74) is 1.68. The van der Waals surface area contributed by atoms with Gasteiger partial charge in [0.1, 0.15) is 26.7 Å². The van der Waals surface area contributed by atoms with E-state index in [2.05, 4.69) is 15.3 Å². The first-order valence-corrected chi connectivity index (χ1v) is 10.9. The van der Waals surface area contributed by atoms with Crippen LogP contribution in [0.5, 0.6) is 11.5 Å². The van der Waals surface area contributed by atoms with Gasteiger partial charge in [-0.1, -0.05) is 22.7 Å². The number of thiazole rings is 2. The van der Waals surface area contributed by atoms with E-state index in [9.17, 15) is 4.79 Å². The van der Waals surface area contributed by atoms with Crippen LogP contribution in [0.15, 0.2) is 12.1 Å². The van der Waals surface area contributed by atoms with Crippen molar-refractivity contribution in [3.05, 3.63) is 22.6 Å². The SMILES string of the molecule is CCOC(=O)c1sc2nc(Nc3nc4c(OC)cc(OC)cc4s3)sc2c1C. The molecule has 0 spiro atoms. The number of thiophene rings is 1. The van der Waals surface area contributed by atoms with Crippen LogP contribution in [0.3, 0.4) is 0 Å². The molecule has 28 heavy (non-hydrogen) atoms. The fourth-order valence-corrected chi connectivity index (χ4v) is 5.91. The average molecular weight is 436 g/mol. The van der Waals surface area contributed by atoms with Crippen molar-refractivity contribution in [3.63, 3.8) is 0 Å². The van der Waals surface area contributed by atoms with Crippen LogP contribution in [0.4, 0.5) is 10.3 Å². The Morgan fingerprint density at radius 1 is 1.11 bits per heavy atom. The standard InChI is InChI=1S/C18H17N3O4S3/c1-5-25-16(22)14-8(2)13-15(27-14)20-18(28-13)21-17-19-12-10(24-4)6-9(23-3)7-11(12)26-17/h6-7H,5H2,1-4H3,(H,19,20,21). The van der Waals surface area contributed by atoms with Crippen LogP contribution in [-0.2, 0) is 4.74 Å². The van der Waals surface area contributed by atoms with Gasteiger partial charge in [0, 0.05) is 6.07 Å². The molecular weight excluding hydrogens is 418 g/mol. The molecule has 0 aliphatic heterocycles. The summed E-state index contributed by atoms with van der Waals surface area (Å²) in [6.45, 7) is 4.07. The van der Waals surface area contributed by atoms with Crippen LogP contribution >= 0.6 is 34.0 Å². The average Bonchev–Trinajstić information content (AvgIpc) is 3.35. The van der Waals surface area contributed by atoms with Gasteiger partial charge >= 0.3 is 5.97 Å². The fraction of sp³-hybridized carbons (Fsp3) is 0.278. The van der Waals surface area contributed by atoms with Gasteiger partial charge in [-0.25, -0.2) is 14.8 Å². The Bertz CT molecular complexity index is 1180. The molecule has 0 aliphatic carbocycles. The maximum absolute atomic E-state index is 12.0. The van der Waals surface area contributed by atoms with Gasteiger partial charge in [-0.05, 0) is 25.5 Å². The third-order valence-corrected chi connectivity index (χ3v) is 7.34. The minimum absolute atomic E-state index is 0.295. The molecule has 0 amide bonds. The van der Waals surface area contributed by atoms with E-state index in [1.807, 2.05) is 19.1 Å². The minimum atomic E-state index is -0.295. The van der Waals surface area contributed by atoms with Crippen LogP contribution in [-0.4, -0.2) is 36.8 Å². The predicted octanol–water partition coefficient (Wildman–Crippen LogP) is 5.21. The molecule has 0 saturated heterocycles. The summed E-state index contributed by atoms with van der Waals surface area (Å²) in [6.07, 6.45) is 0. The van der Waals surface area contributed by atoms with Gasteiger partial charge in [-0.15, -0.1) is 11.3 Å². The molecule has 0 atom stereocenters. The summed E-state index contributed by atoms with van der Waals surface area (Å²) in [5.74, 6) is 1.09. The molecular formula is C18H17N3O4S3. The summed E-state index contributed by atoms with van der Waals surface area (Å²) < 4.78 is 17.8. The smallest absolute Gasteiger partial charge is 0.348 e. The van der Waals surface area contributed by atoms with E-state index >= 15 is 0 Å². The molecule has 7 nitrogen and oxygen atoms in total. The van der Waals surface area contributed by atoms with E-state index in [1.54, 1.807) is 21.1 Å². The Morgan fingerprint density at radius 3 is 2.57 bits per heavy atom. The van der Waals surface area contributed by atoms with Crippen molar-refractivity contribution in [2.24, 2.45) is 0 Å². The van der Waals surface area contributed by atoms with Gasteiger partial charge in [0.15, 0.2) is 10.3 Å². The number of aromatic nitrogens is 2. The summed E-state index contributed by atoms with van der Waals surface area (Å²) in [4.78, 5) is 22.7. The molecule has 4 aromatic rings. The normalized spacial score (nSPS) is 11.1. The number of aryl methyl sites for hydroxylation is 1. The van der Waals surface area contributed by atoms with Crippen molar-refractivity contribution < 1.29 is 19.0 Å². The third kappa shape index (κ3) is 3.27. The van der Waals surface area contributed by atoms with E-state index in [0.717, 1.165) is 36.2 Å². The van der Waals surface area contributed by atoms with Gasteiger partial charge in [0.2, 0.25) is 0 Å². The summed E-state index contributed by atoms with van der Waals surface area (Å²) in [7, 11) is 3.23. The number of ether oxygens (including phenoxy) is 3. The molecule has 0 saturated carbocycles. The number of esters is 1. The van der Waals surface area contributed by atoms with Crippen LogP contribution in [0, 0.1) is 6.92 Å². The molecule has 0 radical (unpaired) electrons. The van der Waals surface area contributed by atoms with E-state index < -0.39 is 0 Å². The number of nitrogens with zero attached hydrogens (tertiary/aromatic N) is 2. The zero-order valence-corrected chi connectivity index (χ0v) is 18.1. The zero-order valence-electron chi connectivity index (χ0n) is 15.6. The fourth-order valence-electron chi connectivity index (χ4n) is 2.73. The van der Waals surface area contributed by atoms with Gasteiger partial charge in [-0.3, -0.25) is 0 Å². The zero-order chi connectivity index (χ0) is 19.8. The predicted molar refractivity (Wildman–Crippen MR) is 114 cm³/mol. The van der Waals surface area contributed by atoms with Crippen molar-refractivity contribution in [1.29, 1.82) is 0 Å². The lowest BCUT2D eigenvalue weighted by Gasteiger charge is -2.03. The molecule has 0 fully saturated rings. The third-order valence-electron chi connectivity index (χ3n) is 4.04. The number of hydrogen-bond donors (Lipinski definition) is 1. The molecule has 1 N–H and O–H groups in total. The largest absolute Gasteiger partial charge is 0.497 e. The van der Waals surface area contributed by atoms with Crippen molar-refractivity contribution in [1.82, 2.24) is 9.97 Å². The highest BCUT2D eigenvalue weighted by Gasteiger charge is 2.20. The van der Waals surface area contributed by atoms with Crippen LogP contribution < -0.4 is 14.8 Å². The number of rotatable bonds is 6. The number of hydrogen-bond acceptors (Lipinski definition) is 10. The Kier molecular flexibility index (Phi) is 5.09. The van der Waals surface area contributed by atoms with E-state index in [4.69, 9.17) is 14.2 Å². The Hall–Kier alpha value is -2.43. The molecule has 0 aliphatic rings. The van der Waals surface area contributed by atoms with E-state index in [-0.39, 0.29) is 5.97 Å². The van der Waals surface area contributed by atoms with Gasteiger partial charge in [0.25, 0.3) is 0 Å². The Labute approximate surface area is 172 Å². The van der Waals surface area contributed by atoms with Gasteiger partial charge in [0.05, 0.1) is 30.2 Å². The maximum atomic E-state index is 12.0. The van der Waals surface area contributed by atoms with Crippen molar-refractivity contribution in [2.75, 3.05) is 26.1 Å². The highest BCUT2D eigenvalue weighted by Crippen LogP contribution is 2.40. The lowest BCUT2D eigenvalue weighted by atomic mass is 10.3. The first-order chi connectivity index (χ1) is 13.5. The van der Waals surface area contributed by atoms with Crippen molar-refractivity contribution >= 4 is 70.0 Å². The van der Waals surface area contributed by atoms with Crippen molar-refractivity contribution in [2.45, 2.75) is 13.8 Å². The molecule has 10 heteroatoms. The molecule has 1 aromatic carbocycles. The molecule has 3 heterocycles. The maximum Gasteiger partial charge on any atom is 0.348 e. The topological polar surface area (TPSA) is 82.6 Å². The summed E-state index contributed by atoms with van der Waals surface area (Å²) in [5, 5.41) is 4.71. The second-order valence-electron chi connectivity index (χ2n) is 5.75. The number of benzene rings is 1. The van der Waals surface area contributed by atoms with Crippen molar-refractivity contribution in [3.8, 4) is 11.5 Å². The molecule has 3 aromatic heterocycles. The Morgan fingerprint density at radius 2 is 1.89 bits per heavy atom. The van der Waals surface area contributed by atoms with Gasteiger partial charge < -0.3 is 19.5 Å². The van der Waals surface area contributed by atoms with E-state index in [0.29, 0.717) is 22.4 Å². The lowest BCUT2D eigenvalue weighted by molar-refractivity contribution is 0.0531. The van der Waals surface area contributed by atoms with Crippen LogP contribution in [0.25, 0.3) is 19.7 Å². The summed E-state index contributed by atoms with van der Waals surface area (Å²) in [6, 6.07) is 3.74.